The average molecular weight is 430 g/mol. The van der Waals surface area contributed by atoms with Crippen LogP contribution in [0, 0.1) is 24.4 Å². The van der Waals surface area contributed by atoms with Crippen LogP contribution in [0.15, 0.2) is 67.9 Å². The molecule has 164 valence electrons. The molecule has 2 aromatic carbocycles. The summed E-state index contributed by atoms with van der Waals surface area (Å²) in [7, 11) is 0. The summed E-state index contributed by atoms with van der Waals surface area (Å²) in [5.41, 5.74) is 1.28. The van der Waals surface area contributed by atoms with Crippen molar-refractivity contribution < 1.29 is 22.7 Å². The van der Waals surface area contributed by atoms with E-state index in [4.69, 9.17) is 4.74 Å². The highest BCUT2D eigenvalue weighted by molar-refractivity contribution is 6.05. The van der Waals surface area contributed by atoms with E-state index in [0.29, 0.717) is 17.2 Å². The molecule has 1 amide bonds. The monoisotopic (exact) mass is 430 g/mol. The Hall–Kier alpha value is -3.61. The van der Waals surface area contributed by atoms with Crippen LogP contribution in [-0.2, 0) is 6.61 Å². The number of hydrogen-bond acceptors (Lipinski definition) is 3. The molecule has 1 aromatic heterocycles. The van der Waals surface area contributed by atoms with Gasteiger partial charge in [0.05, 0.1) is 11.3 Å². The number of halogens is 3. The number of pyridine rings is 1. The molecule has 0 spiro atoms. The highest BCUT2D eigenvalue weighted by Crippen LogP contribution is 2.19. The fraction of sp³-hybridized carbons (Fsp3) is 0.167. The predicted molar refractivity (Wildman–Crippen MR) is 117 cm³/mol. The van der Waals surface area contributed by atoms with Gasteiger partial charge in [0.2, 0.25) is 5.88 Å². The molecule has 4 nitrogen and oxygen atoms in total. The first-order valence-electron chi connectivity index (χ1n) is 9.52. The number of anilines is 1. The number of ether oxygens (including phenoxy) is 1. The molecule has 0 aliphatic rings. The molecule has 0 aliphatic carbocycles. The van der Waals surface area contributed by atoms with Crippen LogP contribution in [0.3, 0.4) is 0 Å². The number of amides is 1. The van der Waals surface area contributed by atoms with Crippen LogP contribution in [0.1, 0.15) is 35.3 Å². The zero-order valence-corrected chi connectivity index (χ0v) is 17.7. The van der Waals surface area contributed by atoms with E-state index in [-0.39, 0.29) is 29.6 Å². The molecule has 0 atom stereocenters. The number of aromatic nitrogens is 1. The van der Waals surface area contributed by atoms with Gasteiger partial charge in [-0.15, -0.1) is 13.2 Å². The second-order valence-corrected chi connectivity index (χ2v) is 5.83. The second-order valence-electron chi connectivity index (χ2n) is 5.83. The summed E-state index contributed by atoms with van der Waals surface area (Å²) in [6.45, 7) is 11.8. The van der Waals surface area contributed by atoms with Gasteiger partial charge in [-0.2, -0.15) is 0 Å². The van der Waals surface area contributed by atoms with E-state index in [1.165, 1.54) is 18.3 Å². The van der Waals surface area contributed by atoms with Crippen LogP contribution >= 0.6 is 0 Å². The maximum Gasteiger partial charge on any atom is 0.257 e. The zero-order valence-electron chi connectivity index (χ0n) is 17.7. The lowest BCUT2D eigenvalue weighted by molar-refractivity contribution is 0.102. The molecule has 0 bridgehead atoms. The van der Waals surface area contributed by atoms with Gasteiger partial charge in [0.25, 0.3) is 5.91 Å². The maximum absolute atomic E-state index is 13.7. The van der Waals surface area contributed by atoms with Crippen molar-refractivity contribution >= 4 is 11.6 Å². The third-order valence-electron chi connectivity index (χ3n) is 3.79. The van der Waals surface area contributed by atoms with E-state index in [1.54, 1.807) is 25.1 Å². The molecule has 0 unspecified atom stereocenters. The number of nitrogens with zero attached hydrogens (tertiary/aromatic N) is 1. The zero-order chi connectivity index (χ0) is 23.4. The molecule has 0 aliphatic heterocycles. The molecular formula is C24H25F3N2O2. The van der Waals surface area contributed by atoms with Crippen LogP contribution in [0.4, 0.5) is 18.9 Å². The second kappa shape index (κ2) is 12.8. The number of carbonyl (C=O) groups is 1. The largest absolute Gasteiger partial charge is 0.473 e. The molecule has 1 heterocycles. The minimum absolute atomic E-state index is 0.122. The lowest BCUT2D eigenvalue weighted by atomic mass is 10.1. The van der Waals surface area contributed by atoms with Crippen LogP contribution in [0.25, 0.3) is 0 Å². The summed E-state index contributed by atoms with van der Waals surface area (Å²) >= 11 is 0. The lowest BCUT2D eigenvalue weighted by Crippen LogP contribution is -2.15. The first kappa shape index (κ1) is 25.4. The highest BCUT2D eigenvalue weighted by atomic mass is 19.1. The number of hydrogen-bond donors (Lipinski definition) is 1. The van der Waals surface area contributed by atoms with Gasteiger partial charge >= 0.3 is 0 Å². The van der Waals surface area contributed by atoms with Gasteiger partial charge in [0.1, 0.15) is 24.1 Å². The number of aryl methyl sites for hydroxylation is 1. The van der Waals surface area contributed by atoms with E-state index in [1.807, 2.05) is 13.8 Å². The molecule has 0 fully saturated rings. The summed E-state index contributed by atoms with van der Waals surface area (Å²) in [6, 6.07) is 10.4. The van der Waals surface area contributed by atoms with Crippen molar-refractivity contribution in [1.29, 1.82) is 0 Å². The summed E-state index contributed by atoms with van der Waals surface area (Å²) < 4.78 is 45.3. The van der Waals surface area contributed by atoms with Crippen molar-refractivity contribution in [1.82, 2.24) is 4.98 Å². The smallest absolute Gasteiger partial charge is 0.257 e. The Morgan fingerprint density at radius 3 is 2.32 bits per heavy atom. The number of rotatable bonds is 5. The van der Waals surface area contributed by atoms with Crippen molar-refractivity contribution in [2.75, 3.05) is 5.32 Å². The van der Waals surface area contributed by atoms with Gasteiger partial charge in [-0.05, 0) is 42.3 Å². The summed E-state index contributed by atoms with van der Waals surface area (Å²) in [5.74, 6) is -2.28. The number of benzene rings is 2. The van der Waals surface area contributed by atoms with Crippen molar-refractivity contribution in [3.63, 3.8) is 0 Å². The van der Waals surface area contributed by atoms with Gasteiger partial charge in [-0.25, -0.2) is 18.2 Å². The first-order chi connectivity index (χ1) is 14.9. The quantitative estimate of drug-likeness (QED) is 0.472. The lowest BCUT2D eigenvalue weighted by Gasteiger charge is -2.10. The number of carbonyl (C=O) groups excluding carboxylic acids is 1. The fourth-order valence-electron chi connectivity index (χ4n) is 2.41. The number of nitrogens with one attached hydrogen (secondary N) is 1. The van der Waals surface area contributed by atoms with E-state index in [9.17, 15) is 18.0 Å². The summed E-state index contributed by atoms with van der Waals surface area (Å²) in [4.78, 5) is 16.4. The standard InChI is InChI=1S/C20H15F3N2O2.C2H6.C2H4/c1-12-7-19(27-11-13-3-2-4-14(21)8-13)24-10-16(12)20(26)25-18-6-5-15(22)9-17(18)23;2*1-2/h2-10H,11H2,1H3,(H,25,26);1-2H3;1-2H2. The minimum atomic E-state index is -0.871. The third kappa shape index (κ3) is 7.62. The van der Waals surface area contributed by atoms with E-state index >= 15 is 0 Å². The normalized spacial score (nSPS) is 9.48. The minimum Gasteiger partial charge on any atom is -0.473 e. The SMILES string of the molecule is C=C.CC.Cc1cc(OCc2cccc(F)c2)ncc1C(=O)Nc1ccc(F)cc1F. The topological polar surface area (TPSA) is 51.2 Å². The van der Waals surface area contributed by atoms with Gasteiger partial charge in [-0.1, -0.05) is 26.0 Å². The Morgan fingerprint density at radius 2 is 1.71 bits per heavy atom. The molecule has 1 N–H and O–H groups in total. The van der Waals surface area contributed by atoms with Crippen molar-refractivity contribution in [2.45, 2.75) is 27.4 Å². The van der Waals surface area contributed by atoms with Gasteiger partial charge in [-0.3, -0.25) is 4.79 Å². The van der Waals surface area contributed by atoms with Crippen LogP contribution in [0.5, 0.6) is 5.88 Å². The van der Waals surface area contributed by atoms with E-state index < -0.39 is 17.5 Å². The molecule has 31 heavy (non-hydrogen) atoms. The molecule has 0 saturated carbocycles. The third-order valence-corrected chi connectivity index (χ3v) is 3.79. The van der Waals surface area contributed by atoms with Crippen LogP contribution < -0.4 is 10.1 Å². The predicted octanol–water partition coefficient (Wildman–Crippen LogP) is 6.47. The van der Waals surface area contributed by atoms with E-state index in [2.05, 4.69) is 23.5 Å². The molecule has 7 heteroatoms. The molecule has 0 saturated heterocycles. The van der Waals surface area contributed by atoms with Crippen LogP contribution in [-0.4, -0.2) is 10.9 Å². The van der Waals surface area contributed by atoms with Gasteiger partial charge in [0, 0.05) is 18.3 Å². The van der Waals surface area contributed by atoms with Crippen molar-refractivity contribution in [2.24, 2.45) is 0 Å². The Labute approximate surface area is 180 Å². The van der Waals surface area contributed by atoms with Crippen LogP contribution in [0.2, 0.25) is 0 Å². The molecule has 3 rings (SSSR count). The summed E-state index contributed by atoms with van der Waals surface area (Å²) in [6.07, 6.45) is 1.30. The summed E-state index contributed by atoms with van der Waals surface area (Å²) in [5, 5.41) is 2.37. The van der Waals surface area contributed by atoms with Crippen molar-refractivity contribution in [3.8, 4) is 5.88 Å². The molecular weight excluding hydrogens is 405 g/mol. The van der Waals surface area contributed by atoms with E-state index in [0.717, 1.165) is 12.1 Å². The van der Waals surface area contributed by atoms with Gasteiger partial charge in [0.15, 0.2) is 0 Å². The molecule has 0 radical (unpaired) electrons. The average Bonchev–Trinajstić information content (AvgIpc) is 2.77. The first-order valence-corrected chi connectivity index (χ1v) is 9.52. The Balaban J connectivity index is 0.00000113. The molecule has 3 aromatic rings. The van der Waals surface area contributed by atoms with Crippen molar-refractivity contribution in [3.05, 3.63) is 102 Å². The Kier molecular flexibility index (Phi) is 10.5. The van der Waals surface area contributed by atoms with Gasteiger partial charge < -0.3 is 10.1 Å². The highest BCUT2D eigenvalue weighted by Gasteiger charge is 2.14. The Bertz CT molecular complexity index is 1010. The maximum atomic E-state index is 13.7. The Morgan fingerprint density at radius 1 is 1.03 bits per heavy atom. The fourth-order valence-corrected chi connectivity index (χ4v) is 2.41.